The molecule has 1 aliphatic carbocycles. The number of aliphatic hydroxyl groups is 3. The van der Waals surface area contributed by atoms with E-state index in [4.69, 9.17) is 14.2 Å². The fraction of sp³-hybridized carbons (Fsp3) is 0.654. The number of carbonyl (C=O) groups excluding carboxylic acids is 1. The lowest BCUT2D eigenvalue weighted by atomic mass is 9.86. The predicted molar refractivity (Wildman–Crippen MR) is 124 cm³/mol. The van der Waals surface area contributed by atoms with Crippen molar-refractivity contribution in [3.8, 4) is 5.75 Å². The summed E-state index contributed by atoms with van der Waals surface area (Å²) in [6, 6.07) is 4.41. The summed E-state index contributed by atoms with van der Waals surface area (Å²) < 4.78 is 54.7. The molecule has 36 heavy (non-hydrogen) atoms. The molecule has 202 valence electrons. The van der Waals surface area contributed by atoms with E-state index in [1.807, 2.05) is 12.2 Å². The van der Waals surface area contributed by atoms with Gasteiger partial charge in [0.2, 0.25) is 0 Å². The Labute approximate surface area is 208 Å². The summed E-state index contributed by atoms with van der Waals surface area (Å²) in [6.45, 7) is 3.33. The number of carbonyl (C=O) groups is 1. The van der Waals surface area contributed by atoms with Gasteiger partial charge in [-0.3, -0.25) is 4.79 Å². The van der Waals surface area contributed by atoms with E-state index < -0.39 is 42.3 Å². The van der Waals surface area contributed by atoms with Crippen molar-refractivity contribution in [1.29, 1.82) is 0 Å². The lowest BCUT2D eigenvalue weighted by molar-refractivity contribution is -0.147. The molecule has 2 aliphatic rings. The van der Waals surface area contributed by atoms with E-state index in [0.717, 1.165) is 12.1 Å². The van der Waals surface area contributed by atoms with Crippen LogP contribution in [0, 0.1) is 11.8 Å². The number of hydrogen-bond acceptors (Lipinski definition) is 7. The number of benzene rings is 1. The van der Waals surface area contributed by atoms with Crippen LogP contribution < -0.4 is 4.74 Å². The van der Waals surface area contributed by atoms with Crippen LogP contribution in [0.1, 0.15) is 51.5 Å². The van der Waals surface area contributed by atoms with Crippen molar-refractivity contribution >= 4 is 5.97 Å². The zero-order chi connectivity index (χ0) is 26.5. The lowest BCUT2D eigenvalue weighted by Gasteiger charge is -2.21. The average Bonchev–Trinajstić information content (AvgIpc) is 3.52. The summed E-state index contributed by atoms with van der Waals surface area (Å²) >= 11 is 0. The van der Waals surface area contributed by atoms with Crippen LogP contribution >= 0.6 is 0 Å². The molecule has 7 nitrogen and oxygen atoms in total. The van der Waals surface area contributed by atoms with E-state index in [0.29, 0.717) is 25.7 Å². The van der Waals surface area contributed by atoms with Crippen molar-refractivity contribution in [2.45, 2.75) is 88.8 Å². The second-order valence-corrected chi connectivity index (χ2v) is 9.72. The van der Waals surface area contributed by atoms with Gasteiger partial charge in [0.05, 0.1) is 30.0 Å². The molecule has 3 rings (SSSR count). The third-order valence-electron chi connectivity index (χ3n) is 6.51. The van der Waals surface area contributed by atoms with E-state index in [2.05, 4.69) is 0 Å². The number of allylic oxidation sites excluding steroid dienone is 2. The highest BCUT2D eigenvalue weighted by Crippen LogP contribution is 2.46. The Kier molecular flexibility index (Phi) is 9.79. The van der Waals surface area contributed by atoms with E-state index in [9.17, 15) is 33.3 Å². The summed E-state index contributed by atoms with van der Waals surface area (Å²) in [5, 5.41) is 31.4. The molecular weight excluding hydrogens is 481 g/mol. The molecule has 0 radical (unpaired) electrons. The van der Waals surface area contributed by atoms with Gasteiger partial charge in [-0.15, -0.1) is 0 Å². The van der Waals surface area contributed by atoms with Gasteiger partial charge in [0, 0.05) is 12.3 Å². The first-order valence-electron chi connectivity index (χ1n) is 12.3. The van der Waals surface area contributed by atoms with Crippen LogP contribution in [0.15, 0.2) is 36.4 Å². The molecule has 1 saturated carbocycles. The zero-order valence-corrected chi connectivity index (χ0v) is 20.4. The monoisotopic (exact) mass is 516 g/mol. The second kappa shape index (κ2) is 12.4. The lowest BCUT2D eigenvalue weighted by Crippen LogP contribution is -2.32. The first-order valence-corrected chi connectivity index (χ1v) is 12.3. The molecule has 2 fully saturated rings. The largest absolute Gasteiger partial charge is 0.491 e. The van der Waals surface area contributed by atoms with E-state index in [-0.39, 0.29) is 42.7 Å². The normalized spacial score (nSPS) is 29.0. The number of halogens is 3. The number of ether oxygens (including phenoxy) is 3. The van der Waals surface area contributed by atoms with Gasteiger partial charge in [0.1, 0.15) is 24.6 Å². The molecule has 10 heteroatoms. The van der Waals surface area contributed by atoms with Gasteiger partial charge < -0.3 is 29.5 Å². The van der Waals surface area contributed by atoms with Crippen molar-refractivity contribution in [1.82, 2.24) is 0 Å². The Morgan fingerprint density at radius 3 is 2.67 bits per heavy atom. The average molecular weight is 517 g/mol. The fourth-order valence-electron chi connectivity index (χ4n) is 4.75. The predicted octanol–water partition coefficient (Wildman–Crippen LogP) is 3.64. The van der Waals surface area contributed by atoms with Crippen LogP contribution in [-0.4, -0.2) is 64.5 Å². The smallest absolute Gasteiger partial charge is 0.416 e. The van der Waals surface area contributed by atoms with Crippen molar-refractivity contribution in [2.75, 3.05) is 6.61 Å². The summed E-state index contributed by atoms with van der Waals surface area (Å²) in [6.07, 6.45) is -2.18. The van der Waals surface area contributed by atoms with Gasteiger partial charge in [-0.2, -0.15) is 13.2 Å². The topological polar surface area (TPSA) is 109 Å². The van der Waals surface area contributed by atoms with Crippen molar-refractivity contribution in [3.63, 3.8) is 0 Å². The summed E-state index contributed by atoms with van der Waals surface area (Å²) in [5.41, 5.74) is -0.843. The van der Waals surface area contributed by atoms with Gasteiger partial charge in [-0.05, 0) is 63.6 Å². The molecule has 1 aromatic rings. The molecular formula is C26H35F3O7. The van der Waals surface area contributed by atoms with Gasteiger partial charge in [-0.25, -0.2) is 0 Å². The van der Waals surface area contributed by atoms with Gasteiger partial charge in [0.25, 0.3) is 0 Å². The Morgan fingerprint density at radius 2 is 1.97 bits per heavy atom. The van der Waals surface area contributed by atoms with Crippen molar-refractivity contribution in [2.24, 2.45) is 11.8 Å². The number of alkyl halides is 3. The van der Waals surface area contributed by atoms with E-state index in [1.165, 1.54) is 12.1 Å². The quantitative estimate of drug-likeness (QED) is 0.168. The molecule has 1 saturated heterocycles. The highest BCUT2D eigenvalue weighted by Gasteiger charge is 2.57. The van der Waals surface area contributed by atoms with Gasteiger partial charge in [0.15, 0.2) is 0 Å². The maximum atomic E-state index is 12.9. The Bertz CT molecular complexity index is 889. The van der Waals surface area contributed by atoms with Gasteiger partial charge in [-0.1, -0.05) is 18.2 Å². The molecule has 1 aliphatic heterocycles. The minimum atomic E-state index is -4.49. The highest BCUT2D eigenvalue weighted by molar-refractivity contribution is 5.69. The maximum absolute atomic E-state index is 12.9. The molecule has 3 N–H and O–H groups in total. The fourth-order valence-corrected chi connectivity index (χ4v) is 4.75. The zero-order valence-electron chi connectivity index (χ0n) is 20.4. The molecule has 1 heterocycles. The number of aliphatic hydroxyl groups excluding tert-OH is 3. The highest BCUT2D eigenvalue weighted by atomic mass is 19.4. The third kappa shape index (κ3) is 7.93. The van der Waals surface area contributed by atoms with Gasteiger partial charge >= 0.3 is 12.1 Å². The van der Waals surface area contributed by atoms with E-state index >= 15 is 0 Å². The summed E-state index contributed by atoms with van der Waals surface area (Å²) in [4.78, 5) is 11.6. The molecule has 1 aromatic carbocycles. The maximum Gasteiger partial charge on any atom is 0.416 e. The first kappa shape index (κ1) is 28.4. The van der Waals surface area contributed by atoms with Crippen LogP contribution in [0.4, 0.5) is 13.2 Å². The van der Waals surface area contributed by atoms with Crippen molar-refractivity contribution < 1.29 is 47.5 Å². The molecule has 7 atom stereocenters. The minimum Gasteiger partial charge on any atom is -0.491 e. The van der Waals surface area contributed by atoms with Crippen LogP contribution in [0.5, 0.6) is 5.75 Å². The minimum absolute atomic E-state index is 0.0159. The van der Waals surface area contributed by atoms with Crippen LogP contribution in [-0.2, 0) is 20.4 Å². The van der Waals surface area contributed by atoms with Crippen LogP contribution in [0.25, 0.3) is 0 Å². The molecule has 0 bridgehead atoms. The third-order valence-corrected chi connectivity index (χ3v) is 6.51. The molecule has 0 amide bonds. The molecule has 0 aromatic heterocycles. The van der Waals surface area contributed by atoms with Crippen LogP contribution in [0.2, 0.25) is 0 Å². The number of epoxide rings is 1. The Balaban J connectivity index is 1.46. The van der Waals surface area contributed by atoms with Crippen LogP contribution in [0.3, 0.4) is 0 Å². The summed E-state index contributed by atoms with van der Waals surface area (Å²) in [7, 11) is 0. The first-order chi connectivity index (χ1) is 17.0. The van der Waals surface area contributed by atoms with E-state index in [1.54, 1.807) is 13.8 Å². The second-order valence-electron chi connectivity index (χ2n) is 9.72. The molecule has 0 unspecified atom stereocenters. The molecule has 0 spiro atoms. The standard InChI is InChI=1S/C26H35F3O7/c1-15(2)35-22(33)11-6-4-3-5-10-18-19(30)13-20(31)23(18)25-24(36-25)21(32)14-34-17-9-7-8-16(12-17)26(27,28)29/h3,5,7-9,12,15,18-21,23-25,30-32H,4,6,10-11,13-14H2,1-2H3/b5-3-/t18-,19-,20+,21-,23+,24-,25-/m0/s1. The number of hydrogen-bond donors (Lipinski definition) is 3. The number of esters is 1. The Morgan fingerprint density at radius 1 is 1.22 bits per heavy atom. The van der Waals surface area contributed by atoms with Crippen molar-refractivity contribution in [3.05, 3.63) is 42.0 Å². The number of rotatable bonds is 12. The number of unbranched alkanes of at least 4 members (excludes halogenated alkanes) is 1. The Hall–Kier alpha value is -2.14. The summed E-state index contributed by atoms with van der Waals surface area (Å²) in [5.74, 6) is -0.911. The SMILES string of the molecule is CC(C)OC(=O)CCC/C=C\C[C@@H]1[C@@H]([C@@H]2O[C@H]2[C@@H](O)COc2cccc(C(F)(F)F)c2)[C@H](O)C[C@@H]1O.